The van der Waals surface area contributed by atoms with Crippen LogP contribution in [0, 0.1) is 0 Å². The summed E-state index contributed by atoms with van der Waals surface area (Å²) in [5, 5.41) is 4.97. The summed E-state index contributed by atoms with van der Waals surface area (Å²) in [5.41, 5.74) is 1.88. The van der Waals surface area contributed by atoms with Gasteiger partial charge < -0.3 is 24.3 Å². The Morgan fingerprint density at radius 2 is 1.89 bits per heavy atom. The highest BCUT2D eigenvalue weighted by Crippen LogP contribution is 2.35. The first-order valence-corrected chi connectivity index (χ1v) is 11.8. The number of rotatable bonds is 6. The van der Waals surface area contributed by atoms with Crippen LogP contribution in [0.5, 0.6) is 5.75 Å². The largest absolute Gasteiger partial charge is 0.497 e. The number of anilines is 1. The van der Waals surface area contributed by atoms with Crippen LogP contribution in [0.2, 0.25) is 0 Å². The van der Waals surface area contributed by atoms with Gasteiger partial charge in [0.25, 0.3) is 11.8 Å². The molecule has 3 aromatic heterocycles. The van der Waals surface area contributed by atoms with Crippen molar-refractivity contribution < 1.29 is 23.5 Å². The third kappa shape index (κ3) is 3.69. The standard InChI is InChI=1S/C26H23N7O5/c1-32(2)24-27-10-15(11-28-24)18-6-7-20-19(29-18)9-21(38-20)26(23(35)30-25(36)31-26)13-33-12-14-4-5-16(37-3)8-17(14)22(33)34/h4-11H,12-13H2,1-3H3,(H2,30,31,35,36)/t26-/m0/s1. The number of amides is 4. The number of furan rings is 1. The molecule has 0 radical (unpaired) electrons. The van der Waals surface area contributed by atoms with Crippen molar-refractivity contribution in [3.05, 3.63) is 65.7 Å². The maximum Gasteiger partial charge on any atom is 0.322 e. The van der Waals surface area contributed by atoms with Gasteiger partial charge in [-0.25, -0.2) is 19.7 Å². The number of methoxy groups -OCH3 is 1. The molecule has 0 bridgehead atoms. The Kier molecular flexibility index (Phi) is 5.26. The second-order valence-corrected chi connectivity index (χ2v) is 9.35. The molecule has 1 aromatic carbocycles. The van der Waals surface area contributed by atoms with E-state index in [1.807, 2.05) is 20.2 Å². The number of pyridine rings is 1. The molecule has 0 unspecified atom stereocenters. The van der Waals surface area contributed by atoms with Crippen LogP contribution in [0.1, 0.15) is 21.7 Å². The summed E-state index contributed by atoms with van der Waals surface area (Å²) in [4.78, 5) is 55.3. The molecule has 2 N–H and O–H groups in total. The summed E-state index contributed by atoms with van der Waals surface area (Å²) in [5.74, 6) is 0.408. The number of urea groups is 1. The van der Waals surface area contributed by atoms with E-state index in [1.54, 1.807) is 47.6 Å². The SMILES string of the molecule is COc1ccc2c(c1)C(=O)N(C[C@@]1(c3cc4nc(-c5cnc(N(C)C)nc5)ccc4o3)NC(=O)NC1=O)C2. The highest BCUT2D eigenvalue weighted by Gasteiger charge is 2.53. The molecule has 192 valence electrons. The van der Waals surface area contributed by atoms with Crippen molar-refractivity contribution in [3.63, 3.8) is 0 Å². The van der Waals surface area contributed by atoms with Gasteiger partial charge >= 0.3 is 6.03 Å². The topological polar surface area (TPSA) is 143 Å². The van der Waals surface area contributed by atoms with E-state index in [1.165, 1.54) is 12.0 Å². The molecule has 12 heteroatoms. The van der Waals surface area contributed by atoms with Crippen molar-refractivity contribution in [2.45, 2.75) is 12.1 Å². The monoisotopic (exact) mass is 513 g/mol. The summed E-state index contributed by atoms with van der Waals surface area (Å²) in [6.45, 7) is 0.140. The van der Waals surface area contributed by atoms with Crippen LogP contribution in [0.25, 0.3) is 22.4 Å². The summed E-state index contributed by atoms with van der Waals surface area (Å²) < 4.78 is 11.3. The minimum atomic E-state index is -1.63. The smallest absolute Gasteiger partial charge is 0.322 e. The molecule has 6 rings (SSSR count). The number of hydrogen-bond donors (Lipinski definition) is 2. The summed E-state index contributed by atoms with van der Waals surface area (Å²) in [6.07, 6.45) is 3.35. The first kappa shape index (κ1) is 23.4. The zero-order valence-corrected chi connectivity index (χ0v) is 20.8. The minimum Gasteiger partial charge on any atom is -0.497 e. The normalized spacial score (nSPS) is 18.5. The van der Waals surface area contributed by atoms with Crippen LogP contribution in [0.15, 0.2) is 53.2 Å². The molecule has 38 heavy (non-hydrogen) atoms. The van der Waals surface area contributed by atoms with Crippen molar-refractivity contribution in [2.24, 2.45) is 0 Å². The zero-order chi connectivity index (χ0) is 26.6. The quantitative estimate of drug-likeness (QED) is 0.370. The average Bonchev–Trinajstić information content (AvgIpc) is 3.57. The van der Waals surface area contributed by atoms with E-state index in [9.17, 15) is 14.4 Å². The Morgan fingerprint density at radius 1 is 1.11 bits per heavy atom. The molecule has 5 heterocycles. The highest BCUT2D eigenvalue weighted by molar-refractivity contribution is 6.08. The van der Waals surface area contributed by atoms with Gasteiger partial charge in [-0.2, -0.15) is 0 Å². The molecule has 0 spiro atoms. The number of carbonyl (C=O) groups excluding carboxylic acids is 3. The van der Waals surface area contributed by atoms with Gasteiger partial charge in [0.05, 0.1) is 19.3 Å². The number of nitrogens with zero attached hydrogens (tertiary/aromatic N) is 5. The second-order valence-electron chi connectivity index (χ2n) is 9.35. The molecule has 4 aromatic rings. The number of aromatic nitrogens is 3. The molecular weight excluding hydrogens is 490 g/mol. The Morgan fingerprint density at radius 3 is 2.58 bits per heavy atom. The van der Waals surface area contributed by atoms with Gasteiger partial charge in [-0.1, -0.05) is 6.07 Å². The Balaban J connectivity index is 1.35. The summed E-state index contributed by atoms with van der Waals surface area (Å²) in [6, 6.07) is 9.68. The zero-order valence-electron chi connectivity index (χ0n) is 20.8. The molecule has 1 saturated heterocycles. The van der Waals surface area contributed by atoms with Crippen LogP contribution >= 0.6 is 0 Å². The van der Waals surface area contributed by atoms with E-state index in [4.69, 9.17) is 9.15 Å². The fraction of sp³-hybridized carbons (Fsp3) is 0.231. The van der Waals surface area contributed by atoms with Crippen molar-refractivity contribution in [1.82, 2.24) is 30.5 Å². The molecule has 2 aliphatic heterocycles. The highest BCUT2D eigenvalue weighted by atomic mass is 16.5. The molecule has 4 amide bonds. The molecule has 1 fully saturated rings. The maximum absolute atomic E-state index is 13.2. The van der Waals surface area contributed by atoms with E-state index in [2.05, 4.69) is 25.6 Å². The number of hydrogen-bond acceptors (Lipinski definition) is 9. The number of benzene rings is 1. The molecule has 0 aliphatic carbocycles. The van der Waals surface area contributed by atoms with Crippen LogP contribution in [0.3, 0.4) is 0 Å². The number of carbonyl (C=O) groups is 3. The number of nitrogens with one attached hydrogen (secondary N) is 2. The predicted molar refractivity (Wildman–Crippen MR) is 135 cm³/mol. The van der Waals surface area contributed by atoms with E-state index in [-0.39, 0.29) is 24.8 Å². The lowest BCUT2D eigenvalue weighted by atomic mass is 9.95. The Hall–Kier alpha value is -5.00. The molecule has 1 atom stereocenters. The van der Waals surface area contributed by atoms with Crippen molar-refractivity contribution >= 4 is 34.9 Å². The van der Waals surface area contributed by atoms with Crippen LogP contribution < -0.4 is 20.3 Å². The van der Waals surface area contributed by atoms with Gasteiger partial charge in [-0.3, -0.25) is 14.9 Å². The van der Waals surface area contributed by atoms with E-state index >= 15 is 0 Å². The van der Waals surface area contributed by atoms with Crippen molar-refractivity contribution in [1.29, 1.82) is 0 Å². The minimum absolute atomic E-state index is 0.132. The average molecular weight is 514 g/mol. The fourth-order valence-electron chi connectivity index (χ4n) is 4.72. The molecular formula is C26H23N7O5. The number of ether oxygens (including phenoxy) is 1. The molecule has 12 nitrogen and oxygen atoms in total. The lowest BCUT2D eigenvalue weighted by molar-refractivity contribution is -0.125. The summed E-state index contributed by atoms with van der Waals surface area (Å²) in [7, 11) is 5.23. The lowest BCUT2D eigenvalue weighted by Gasteiger charge is -2.28. The van der Waals surface area contributed by atoms with Gasteiger partial charge in [0, 0.05) is 50.2 Å². The first-order valence-electron chi connectivity index (χ1n) is 11.8. The fourth-order valence-corrected chi connectivity index (χ4v) is 4.72. The Labute approximate surface area is 216 Å². The van der Waals surface area contributed by atoms with Crippen LogP contribution in [0.4, 0.5) is 10.7 Å². The van der Waals surface area contributed by atoms with E-state index in [0.29, 0.717) is 39.6 Å². The lowest BCUT2D eigenvalue weighted by Crippen LogP contribution is -2.52. The number of imide groups is 1. The second kappa shape index (κ2) is 8.54. The van der Waals surface area contributed by atoms with Crippen LogP contribution in [-0.4, -0.2) is 65.4 Å². The van der Waals surface area contributed by atoms with Crippen molar-refractivity contribution in [2.75, 3.05) is 32.6 Å². The van der Waals surface area contributed by atoms with Crippen LogP contribution in [-0.2, 0) is 16.9 Å². The number of fused-ring (bicyclic) bond motifs is 2. The van der Waals surface area contributed by atoms with Gasteiger partial charge in [-0.15, -0.1) is 0 Å². The van der Waals surface area contributed by atoms with Gasteiger partial charge in [0.1, 0.15) is 17.0 Å². The predicted octanol–water partition coefficient (Wildman–Crippen LogP) is 2.05. The van der Waals surface area contributed by atoms with E-state index in [0.717, 1.165) is 5.56 Å². The third-order valence-corrected chi connectivity index (χ3v) is 6.69. The first-order chi connectivity index (χ1) is 18.3. The Bertz CT molecular complexity index is 1610. The maximum atomic E-state index is 13.2. The van der Waals surface area contributed by atoms with Gasteiger partial charge in [-0.05, 0) is 29.8 Å². The summed E-state index contributed by atoms with van der Waals surface area (Å²) >= 11 is 0. The van der Waals surface area contributed by atoms with E-state index < -0.39 is 17.5 Å². The molecule has 0 saturated carbocycles. The van der Waals surface area contributed by atoms with Crippen molar-refractivity contribution in [3.8, 4) is 17.0 Å². The van der Waals surface area contributed by atoms with Gasteiger partial charge in [0.15, 0.2) is 11.1 Å². The third-order valence-electron chi connectivity index (χ3n) is 6.69. The molecule has 2 aliphatic rings. The van der Waals surface area contributed by atoms with Gasteiger partial charge in [0.2, 0.25) is 5.95 Å².